The minimum Gasteiger partial charge on any atom is -0.484 e. The summed E-state index contributed by atoms with van der Waals surface area (Å²) < 4.78 is 6.80. The molecule has 0 saturated carbocycles. The van der Waals surface area contributed by atoms with Crippen molar-refractivity contribution in [2.24, 2.45) is 5.92 Å². The summed E-state index contributed by atoms with van der Waals surface area (Å²) in [5, 5.41) is 0. The third kappa shape index (κ3) is 4.26. The van der Waals surface area contributed by atoms with Gasteiger partial charge in [0.2, 0.25) is 0 Å². The molecule has 0 N–H and O–H groups in total. The Labute approximate surface area is 261 Å². The van der Waals surface area contributed by atoms with Crippen molar-refractivity contribution in [3.8, 4) is 45.3 Å². The Balaban J connectivity index is 1.18. The number of fused-ring (bicyclic) bond motifs is 5. The van der Waals surface area contributed by atoms with Crippen molar-refractivity contribution in [2.45, 2.75) is 6.10 Å². The van der Waals surface area contributed by atoms with Crippen LogP contribution in [0.25, 0.3) is 62.2 Å². The van der Waals surface area contributed by atoms with E-state index in [1.807, 2.05) is 60.7 Å². The number of nitrogens with zero attached hydrogens (tertiary/aromatic N) is 3. The van der Waals surface area contributed by atoms with Crippen LogP contribution in [0.4, 0.5) is 0 Å². The van der Waals surface area contributed by atoms with Crippen LogP contribution in [0.5, 0.6) is 0 Å². The molecule has 2 aliphatic carbocycles. The largest absolute Gasteiger partial charge is 0.484 e. The summed E-state index contributed by atoms with van der Waals surface area (Å²) in [4.78, 5) is 14.7. The molecule has 45 heavy (non-hydrogen) atoms. The lowest BCUT2D eigenvalue weighted by Gasteiger charge is -2.23. The molecule has 0 spiro atoms. The van der Waals surface area contributed by atoms with Crippen molar-refractivity contribution in [1.29, 1.82) is 0 Å². The highest BCUT2D eigenvalue weighted by atomic mass is 16.5. The fraction of sp³-hybridized carbons (Fsp3) is 0.0488. The molecule has 0 fully saturated rings. The van der Waals surface area contributed by atoms with Crippen LogP contribution in [0.3, 0.4) is 0 Å². The second-order valence-corrected chi connectivity index (χ2v) is 11.5. The molecule has 212 valence electrons. The second-order valence-electron chi connectivity index (χ2n) is 11.5. The lowest BCUT2D eigenvalue weighted by Crippen LogP contribution is -2.19. The normalized spacial score (nSPS) is 17.5. The molecule has 9 rings (SSSR count). The third-order valence-electron chi connectivity index (χ3n) is 8.90. The van der Waals surface area contributed by atoms with Gasteiger partial charge in [-0.2, -0.15) is 0 Å². The lowest BCUT2D eigenvalue weighted by molar-refractivity contribution is 0.216. The van der Waals surface area contributed by atoms with Gasteiger partial charge in [0.25, 0.3) is 0 Å². The van der Waals surface area contributed by atoms with Crippen LogP contribution in [0.15, 0.2) is 152 Å². The number of hydrogen-bond donors (Lipinski definition) is 0. The highest BCUT2D eigenvalue weighted by Crippen LogP contribution is 2.55. The number of hydrogen-bond acceptors (Lipinski definition) is 4. The molecule has 0 radical (unpaired) electrons. The number of rotatable bonds is 4. The maximum absolute atomic E-state index is 6.80. The predicted octanol–water partition coefficient (Wildman–Crippen LogP) is 9.39. The molecule has 0 bridgehead atoms. The summed E-state index contributed by atoms with van der Waals surface area (Å²) in [6, 6.07) is 46.1. The van der Waals surface area contributed by atoms with Gasteiger partial charge in [0.15, 0.2) is 17.5 Å². The first-order valence-corrected chi connectivity index (χ1v) is 15.3. The van der Waals surface area contributed by atoms with E-state index in [1.54, 1.807) is 0 Å². The summed E-state index contributed by atoms with van der Waals surface area (Å²) >= 11 is 0. The molecule has 3 aliphatic rings. The van der Waals surface area contributed by atoms with Gasteiger partial charge in [-0.3, -0.25) is 0 Å². The molecule has 2 heterocycles. The number of aromatic nitrogens is 3. The molecular weight excluding hydrogens is 550 g/mol. The number of benzene rings is 5. The van der Waals surface area contributed by atoms with Crippen molar-refractivity contribution < 1.29 is 4.74 Å². The molecule has 4 nitrogen and oxygen atoms in total. The maximum atomic E-state index is 6.80. The SMILES string of the molecule is C1=CC2OC(c3ccc(-c4nc(-c5ccccc5)nc(-c5ccccc5)n4)cc3)=C3c4ccccc4-c4ccccc4C(=C1)C32. The van der Waals surface area contributed by atoms with Gasteiger partial charge in [0, 0.05) is 27.8 Å². The van der Waals surface area contributed by atoms with E-state index in [0.29, 0.717) is 17.5 Å². The molecule has 1 aliphatic heterocycles. The zero-order valence-electron chi connectivity index (χ0n) is 24.3. The minimum absolute atomic E-state index is 0.0562. The lowest BCUT2D eigenvalue weighted by atomic mass is 9.79. The van der Waals surface area contributed by atoms with Gasteiger partial charge in [-0.05, 0) is 33.9 Å². The van der Waals surface area contributed by atoms with Crippen LogP contribution < -0.4 is 0 Å². The monoisotopic (exact) mass is 577 g/mol. The summed E-state index contributed by atoms with van der Waals surface area (Å²) in [6.07, 6.45) is 6.53. The quantitative estimate of drug-likeness (QED) is 0.209. The van der Waals surface area contributed by atoms with Crippen LogP contribution >= 0.6 is 0 Å². The Bertz CT molecular complexity index is 2120. The van der Waals surface area contributed by atoms with Gasteiger partial charge in [0.05, 0.1) is 5.92 Å². The zero-order chi connectivity index (χ0) is 29.7. The van der Waals surface area contributed by atoms with Crippen LogP contribution in [-0.2, 0) is 4.74 Å². The molecule has 1 aromatic heterocycles. The standard InChI is InChI=1S/C41H27N3O/c1-3-12-27(13-4-1)39-42-40(28-14-5-2-6-15-28)44-41(43-39)29-24-22-26(23-25-29)38-37-34-19-10-9-18-32(34)30-16-7-8-17-31(30)33-20-11-21-35(45-38)36(33)37/h1-25,35-36H. The van der Waals surface area contributed by atoms with E-state index < -0.39 is 0 Å². The van der Waals surface area contributed by atoms with E-state index in [-0.39, 0.29) is 12.0 Å². The average molecular weight is 578 g/mol. The van der Waals surface area contributed by atoms with E-state index in [1.165, 1.54) is 33.4 Å². The number of ether oxygens (including phenoxy) is 1. The first-order valence-electron chi connectivity index (χ1n) is 15.3. The Morgan fingerprint density at radius 2 is 0.911 bits per heavy atom. The van der Waals surface area contributed by atoms with Crippen LogP contribution in [0, 0.1) is 5.92 Å². The highest BCUT2D eigenvalue weighted by molar-refractivity contribution is 6.06. The summed E-state index contributed by atoms with van der Waals surface area (Å²) in [5.74, 6) is 2.99. The fourth-order valence-corrected chi connectivity index (χ4v) is 6.83. The predicted molar refractivity (Wildman–Crippen MR) is 180 cm³/mol. The van der Waals surface area contributed by atoms with Gasteiger partial charge in [-0.1, -0.05) is 146 Å². The summed E-state index contributed by atoms with van der Waals surface area (Å²) in [6.45, 7) is 0. The average Bonchev–Trinajstić information content (AvgIpc) is 3.46. The molecule has 5 aromatic carbocycles. The zero-order valence-corrected chi connectivity index (χ0v) is 24.3. The van der Waals surface area contributed by atoms with Crippen LogP contribution in [-0.4, -0.2) is 21.1 Å². The van der Waals surface area contributed by atoms with Crippen molar-refractivity contribution in [2.75, 3.05) is 0 Å². The molecule has 4 heteroatoms. The minimum atomic E-state index is -0.0562. The van der Waals surface area contributed by atoms with E-state index in [9.17, 15) is 0 Å². The highest BCUT2D eigenvalue weighted by Gasteiger charge is 2.43. The van der Waals surface area contributed by atoms with E-state index in [2.05, 4.69) is 91.0 Å². The van der Waals surface area contributed by atoms with Gasteiger partial charge in [0.1, 0.15) is 11.9 Å². The fourth-order valence-electron chi connectivity index (χ4n) is 6.83. The first kappa shape index (κ1) is 25.6. The Morgan fingerprint density at radius 3 is 1.51 bits per heavy atom. The smallest absolute Gasteiger partial charge is 0.164 e. The van der Waals surface area contributed by atoms with E-state index in [0.717, 1.165) is 28.0 Å². The summed E-state index contributed by atoms with van der Waals surface area (Å²) in [5.41, 5.74) is 11.4. The Kier molecular flexibility index (Phi) is 5.91. The maximum Gasteiger partial charge on any atom is 0.164 e. The van der Waals surface area contributed by atoms with Gasteiger partial charge in [-0.15, -0.1) is 0 Å². The van der Waals surface area contributed by atoms with E-state index >= 15 is 0 Å². The molecule has 6 aromatic rings. The first-order chi connectivity index (χ1) is 22.3. The second kappa shape index (κ2) is 10.4. The topological polar surface area (TPSA) is 47.9 Å². The van der Waals surface area contributed by atoms with Gasteiger partial charge in [-0.25, -0.2) is 15.0 Å². The Morgan fingerprint density at radius 1 is 0.444 bits per heavy atom. The summed E-state index contributed by atoms with van der Waals surface area (Å²) in [7, 11) is 0. The molecule has 2 atom stereocenters. The van der Waals surface area contributed by atoms with Crippen molar-refractivity contribution in [3.63, 3.8) is 0 Å². The molecule has 0 amide bonds. The van der Waals surface area contributed by atoms with Crippen LogP contribution in [0.1, 0.15) is 16.7 Å². The van der Waals surface area contributed by atoms with Crippen LogP contribution in [0.2, 0.25) is 0 Å². The van der Waals surface area contributed by atoms with Gasteiger partial charge < -0.3 is 4.74 Å². The van der Waals surface area contributed by atoms with Crippen molar-refractivity contribution in [3.05, 3.63) is 168 Å². The molecule has 2 unspecified atom stereocenters. The van der Waals surface area contributed by atoms with E-state index in [4.69, 9.17) is 19.7 Å². The Hall–Kier alpha value is -5.87. The molecule has 0 saturated heterocycles. The van der Waals surface area contributed by atoms with Crippen molar-refractivity contribution in [1.82, 2.24) is 15.0 Å². The van der Waals surface area contributed by atoms with Crippen molar-refractivity contribution >= 4 is 16.9 Å². The number of allylic oxidation sites excluding steroid dienone is 2. The van der Waals surface area contributed by atoms with Gasteiger partial charge >= 0.3 is 0 Å². The molecular formula is C41H27N3O. The third-order valence-corrected chi connectivity index (χ3v) is 8.90.